The molecule has 0 saturated heterocycles. The monoisotopic (exact) mass is 243 g/mol. The van der Waals surface area contributed by atoms with Gasteiger partial charge in [0.2, 0.25) is 0 Å². The number of ether oxygens (including phenoxy) is 1. The molecule has 17 heavy (non-hydrogen) atoms. The van der Waals surface area contributed by atoms with Crippen molar-refractivity contribution in [2.45, 2.75) is 51.7 Å². The summed E-state index contributed by atoms with van der Waals surface area (Å²) >= 11 is 0. The van der Waals surface area contributed by atoms with Crippen LogP contribution in [-0.4, -0.2) is 40.8 Å². The Morgan fingerprint density at radius 1 is 1.41 bits per heavy atom. The van der Waals surface area contributed by atoms with Crippen LogP contribution in [0.1, 0.15) is 40.0 Å². The Kier molecular flexibility index (Phi) is 4.01. The first kappa shape index (κ1) is 13.8. The van der Waals surface area contributed by atoms with E-state index in [0.717, 1.165) is 12.8 Å². The van der Waals surface area contributed by atoms with Gasteiger partial charge in [0.05, 0.1) is 0 Å². The summed E-state index contributed by atoms with van der Waals surface area (Å²) in [6.07, 6.45) is 2.06. The average molecular weight is 243 g/mol. The number of hydrogen-bond acceptors (Lipinski definition) is 3. The maximum absolute atomic E-state index is 11.7. The Labute approximate surface area is 102 Å². The normalized spacial score (nSPS) is 17.4. The van der Waals surface area contributed by atoms with Crippen molar-refractivity contribution in [3.63, 3.8) is 0 Å². The second-order valence-electron chi connectivity index (χ2n) is 5.62. The van der Waals surface area contributed by atoms with E-state index < -0.39 is 23.7 Å². The highest BCUT2D eigenvalue weighted by Crippen LogP contribution is 2.34. The molecule has 1 atom stereocenters. The van der Waals surface area contributed by atoms with Crippen molar-refractivity contribution < 1.29 is 19.4 Å². The van der Waals surface area contributed by atoms with Gasteiger partial charge in [0.1, 0.15) is 11.6 Å². The molecule has 1 aliphatic rings. The maximum Gasteiger partial charge on any atom is 0.410 e. The van der Waals surface area contributed by atoms with Crippen LogP contribution in [0.25, 0.3) is 0 Å². The first-order valence-corrected chi connectivity index (χ1v) is 5.89. The molecule has 0 heterocycles. The van der Waals surface area contributed by atoms with E-state index in [9.17, 15) is 9.59 Å². The van der Waals surface area contributed by atoms with Crippen LogP contribution in [0.3, 0.4) is 0 Å². The number of likely N-dealkylation sites (N-methyl/N-ethyl adjacent to an activating group) is 1. The van der Waals surface area contributed by atoms with Crippen molar-refractivity contribution in [3.05, 3.63) is 0 Å². The van der Waals surface area contributed by atoms with Gasteiger partial charge in [-0.25, -0.2) is 9.59 Å². The number of hydrogen-bond donors (Lipinski definition) is 1. The third-order valence-corrected chi connectivity index (χ3v) is 2.69. The molecule has 5 nitrogen and oxygen atoms in total. The zero-order valence-electron chi connectivity index (χ0n) is 10.9. The third-order valence-electron chi connectivity index (χ3n) is 2.69. The van der Waals surface area contributed by atoms with Crippen LogP contribution in [0.15, 0.2) is 0 Å². The van der Waals surface area contributed by atoms with Gasteiger partial charge in [-0.15, -0.1) is 0 Å². The van der Waals surface area contributed by atoms with Crippen molar-refractivity contribution >= 4 is 12.1 Å². The summed E-state index contributed by atoms with van der Waals surface area (Å²) in [5.41, 5.74) is -0.603. The van der Waals surface area contributed by atoms with Gasteiger partial charge in [-0.3, -0.25) is 4.90 Å². The van der Waals surface area contributed by atoms with E-state index in [-0.39, 0.29) is 0 Å². The summed E-state index contributed by atoms with van der Waals surface area (Å²) in [5.74, 6) is -0.522. The molecule has 0 radical (unpaired) electrons. The zero-order chi connectivity index (χ0) is 13.2. The van der Waals surface area contributed by atoms with E-state index >= 15 is 0 Å². The summed E-state index contributed by atoms with van der Waals surface area (Å²) < 4.78 is 5.16. The standard InChI is InChI=1S/C12H21NO4/c1-12(2,3)17-11(16)13(4)9(10(14)15)7-8-5-6-8/h8-9H,5-7H2,1-4H3,(H,14,15)/t9-/m0/s1. The Bertz CT molecular complexity index is 304. The quantitative estimate of drug-likeness (QED) is 0.821. The number of aliphatic carboxylic acids is 1. The molecule has 0 unspecified atom stereocenters. The molecule has 1 rings (SSSR count). The Morgan fingerprint density at radius 2 is 1.94 bits per heavy atom. The Balaban J connectivity index is 2.59. The lowest BCUT2D eigenvalue weighted by Crippen LogP contribution is -2.45. The second kappa shape index (κ2) is 4.94. The number of carboxylic acids is 1. The molecule has 0 spiro atoms. The first-order chi connectivity index (χ1) is 7.70. The molecule has 0 bridgehead atoms. The fourth-order valence-corrected chi connectivity index (χ4v) is 1.56. The lowest BCUT2D eigenvalue weighted by atomic mass is 10.1. The lowest BCUT2D eigenvalue weighted by Gasteiger charge is -2.28. The summed E-state index contributed by atoms with van der Waals surface area (Å²) in [5, 5.41) is 9.12. The first-order valence-electron chi connectivity index (χ1n) is 5.89. The Hall–Kier alpha value is -1.26. The molecule has 1 aliphatic carbocycles. The van der Waals surface area contributed by atoms with Crippen LogP contribution in [0.5, 0.6) is 0 Å². The topological polar surface area (TPSA) is 66.8 Å². The maximum atomic E-state index is 11.7. The molecule has 1 amide bonds. The van der Waals surface area contributed by atoms with E-state index in [2.05, 4.69) is 0 Å². The molecular formula is C12H21NO4. The summed E-state index contributed by atoms with van der Waals surface area (Å²) in [6.45, 7) is 5.28. The van der Waals surface area contributed by atoms with Gasteiger partial charge in [0.15, 0.2) is 0 Å². The van der Waals surface area contributed by atoms with Crippen molar-refractivity contribution in [1.29, 1.82) is 0 Å². The Morgan fingerprint density at radius 3 is 2.29 bits per heavy atom. The van der Waals surface area contributed by atoms with E-state index in [1.165, 1.54) is 11.9 Å². The molecule has 1 N–H and O–H groups in total. The summed E-state index contributed by atoms with van der Waals surface area (Å²) in [4.78, 5) is 24.1. The highest BCUT2D eigenvalue weighted by atomic mass is 16.6. The molecule has 98 valence electrons. The lowest BCUT2D eigenvalue weighted by molar-refractivity contribution is -0.143. The third kappa shape index (κ3) is 4.63. The minimum Gasteiger partial charge on any atom is -0.480 e. The molecule has 0 aromatic carbocycles. The predicted molar refractivity (Wildman–Crippen MR) is 62.8 cm³/mol. The second-order valence-corrected chi connectivity index (χ2v) is 5.62. The van der Waals surface area contributed by atoms with Gasteiger partial charge < -0.3 is 9.84 Å². The number of rotatable bonds is 4. The van der Waals surface area contributed by atoms with Crippen molar-refractivity contribution in [2.24, 2.45) is 5.92 Å². The average Bonchev–Trinajstić information content (AvgIpc) is 2.93. The van der Waals surface area contributed by atoms with E-state index in [1.807, 2.05) is 0 Å². The number of carboxylic acid groups (broad SMARTS) is 1. The van der Waals surface area contributed by atoms with Gasteiger partial charge >= 0.3 is 12.1 Å². The number of carbonyl (C=O) groups excluding carboxylic acids is 1. The molecular weight excluding hydrogens is 222 g/mol. The highest BCUT2D eigenvalue weighted by molar-refractivity contribution is 5.80. The highest BCUT2D eigenvalue weighted by Gasteiger charge is 2.35. The van der Waals surface area contributed by atoms with E-state index in [4.69, 9.17) is 9.84 Å². The van der Waals surface area contributed by atoms with E-state index in [0.29, 0.717) is 12.3 Å². The van der Waals surface area contributed by atoms with Crippen molar-refractivity contribution in [2.75, 3.05) is 7.05 Å². The van der Waals surface area contributed by atoms with Gasteiger partial charge in [-0.1, -0.05) is 12.8 Å². The molecule has 0 aromatic heterocycles. The number of amides is 1. The molecule has 0 aromatic rings. The van der Waals surface area contributed by atoms with Crippen LogP contribution in [0, 0.1) is 5.92 Å². The molecule has 5 heteroatoms. The van der Waals surface area contributed by atoms with Gasteiger partial charge in [-0.05, 0) is 33.1 Å². The zero-order valence-corrected chi connectivity index (χ0v) is 10.9. The van der Waals surface area contributed by atoms with Crippen LogP contribution >= 0.6 is 0 Å². The van der Waals surface area contributed by atoms with E-state index in [1.54, 1.807) is 20.8 Å². The SMILES string of the molecule is CN(C(=O)OC(C)(C)C)[C@@H](CC1CC1)C(=O)O. The molecule has 0 aliphatic heterocycles. The summed E-state index contributed by atoms with van der Waals surface area (Å²) in [7, 11) is 1.48. The van der Waals surface area contributed by atoms with Gasteiger partial charge in [0, 0.05) is 7.05 Å². The fraction of sp³-hybridized carbons (Fsp3) is 0.833. The van der Waals surface area contributed by atoms with Crippen LogP contribution in [-0.2, 0) is 9.53 Å². The summed E-state index contributed by atoms with van der Waals surface area (Å²) in [6, 6.07) is -0.780. The minimum absolute atomic E-state index is 0.445. The molecule has 1 fully saturated rings. The fourth-order valence-electron chi connectivity index (χ4n) is 1.56. The van der Waals surface area contributed by atoms with Crippen molar-refractivity contribution in [3.8, 4) is 0 Å². The number of carbonyl (C=O) groups is 2. The number of nitrogens with zero attached hydrogens (tertiary/aromatic N) is 1. The molecule has 1 saturated carbocycles. The van der Waals surface area contributed by atoms with Crippen LogP contribution in [0.2, 0.25) is 0 Å². The van der Waals surface area contributed by atoms with Gasteiger partial charge in [-0.2, -0.15) is 0 Å². The van der Waals surface area contributed by atoms with Crippen molar-refractivity contribution in [1.82, 2.24) is 4.90 Å². The van der Waals surface area contributed by atoms with Crippen LogP contribution in [0.4, 0.5) is 4.79 Å². The predicted octanol–water partition coefficient (Wildman–Crippen LogP) is 2.11. The van der Waals surface area contributed by atoms with Gasteiger partial charge in [0.25, 0.3) is 0 Å². The largest absolute Gasteiger partial charge is 0.480 e. The smallest absolute Gasteiger partial charge is 0.410 e. The minimum atomic E-state index is -0.967. The van der Waals surface area contributed by atoms with Crippen LogP contribution < -0.4 is 0 Å².